The highest BCUT2D eigenvalue weighted by molar-refractivity contribution is 5.94. The Bertz CT molecular complexity index is 898. The van der Waals surface area contributed by atoms with Crippen molar-refractivity contribution in [3.05, 3.63) is 82.7 Å². The summed E-state index contributed by atoms with van der Waals surface area (Å²) in [5, 5.41) is 16.7. The zero-order valence-corrected chi connectivity index (χ0v) is 15.1. The van der Waals surface area contributed by atoms with E-state index >= 15 is 0 Å². The Hall–Kier alpha value is -3.08. The first-order valence-electron chi connectivity index (χ1n) is 8.67. The summed E-state index contributed by atoms with van der Waals surface area (Å²) in [6.07, 6.45) is 0.720. The molecule has 1 amide bonds. The van der Waals surface area contributed by atoms with Crippen LogP contribution in [-0.4, -0.2) is 27.3 Å². The number of aromatic hydroxyl groups is 1. The number of carbonyl (C=O) groups excluding carboxylic acids is 1. The second kappa shape index (κ2) is 7.87. The van der Waals surface area contributed by atoms with E-state index in [9.17, 15) is 9.90 Å². The molecule has 0 aliphatic rings. The average Bonchev–Trinajstić information content (AvgIpc) is 2.94. The highest BCUT2D eigenvalue weighted by atomic mass is 16.3. The summed E-state index contributed by atoms with van der Waals surface area (Å²) in [5.74, 6) is 0.163. The Kier molecular flexibility index (Phi) is 5.37. The van der Waals surface area contributed by atoms with Gasteiger partial charge < -0.3 is 10.4 Å². The maximum Gasteiger partial charge on any atom is 0.251 e. The topological polar surface area (TPSA) is 67.2 Å². The van der Waals surface area contributed by atoms with Crippen LogP contribution in [-0.2, 0) is 13.0 Å². The predicted molar refractivity (Wildman–Crippen MR) is 101 cm³/mol. The fourth-order valence-corrected chi connectivity index (χ4v) is 2.90. The van der Waals surface area contributed by atoms with Crippen molar-refractivity contribution < 1.29 is 9.90 Å². The number of aromatic nitrogens is 2. The van der Waals surface area contributed by atoms with Crippen LogP contribution in [0.25, 0.3) is 0 Å². The van der Waals surface area contributed by atoms with Gasteiger partial charge in [-0.25, -0.2) is 0 Å². The average molecular weight is 349 g/mol. The molecule has 1 heterocycles. The summed E-state index contributed by atoms with van der Waals surface area (Å²) in [4.78, 5) is 12.4. The second-order valence-electron chi connectivity index (χ2n) is 6.46. The standard InChI is InChI=1S/C21H23N3O2/c1-15-12-16(2)24(23-15)14-18-4-3-5-19(13-18)21(26)22-11-10-17-6-8-20(25)9-7-17/h3-9,12-13,25H,10-11,14H2,1-2H3,(H,22,26). The van der Waals surface area contributed by atoms with Crippen LogP contribution in [0, 0.1) is 13.8 Å². The van der Waals surface area contributed by atoms with Crippen molar-refractivity contribution in [2.45, 2.75) is 26.8 Å². The van der Waals surface area contributed by atoms with Crippen molar-refractivity contribution in [1.82, 2.24) is 15.1 Å². The van der Waals surface area contributed by atoms with Gasteiger partial charge in [-0.05, 0) is 61.7 Å². The Morgan fingerprint density at radius 2 is 1.85 bits per heavy atom. The first kappa shape index (κ1) is 17.7. The molecule has 0 atom stereocenters. The largest absolute Gasteiger partial charge is 0.508 e. The third kappa shape index (κ3) is 4.51. The normalized spacial score (nSPS) is 10.7. The third-order valence-electron chi connectivity index (χ3n) is 4.26. The molecule has 0 unspecified atom stereocenters. The first-order valence-corrected chi connectivity index (χ1v) is 8.67. The minimum absolute atomic E-state index is 0.0843. The molecule has 0 saturated carbocycles. The summed E-state index contributed by atoms with van der Waals surface area (Å²) in [6.45, 7) is 5.20. The van der Waals surface area contributed by atoms with Gasteiger partial charge in [-0.2, -0.15) is 5.10 Å². The van der Waals surface area contributed by atoms with Gasteiger partial charge in [0.2, 0.25) is 0 Å². The minimum atomic E-state index is -0.0843. The van der Waals surface area contributed by atoms with E-state index in [2.05, 4.69) is 10.4 Å². The molecule has 134 valence electrons. The molecule has 5 heteroatoms. The van der Waals surface area contributed by atoms with Crippen LogP contribution in [0.4, 0.5) is 0 Å². The van der Waals surface area contributed by atoms with Crippen molar-refractivity contribution in [3.63, 3.8) is 0 Å². The molecule has 0 aliphatic heterocycles. The number of amides is 1. The van der Waals surface area contributed by atoms with Gasteiger partial charge in [-0.3, -0.25) is 9.48 Å². The van der Waals surface area contributed by atoms with E-state index in [0.717, 1.165) is 28.9 Å². The van der Waals surface area contributed by atoms with Crippen molar-refractivity contribution in [2.24, 2.45) is 0 Å². The number of carbonyl (C=O) groups is 1. The van der Waals surface area contributed by atoms with Crippen molar-refractivity contribution >= 4 is 5.91 Å². The van der Waals surface area contributed by atoms with Crippen LogP contribution in [0.2, 0.25) is 0 Å². The van der Waals surface area contributed by atoms with E-state index in [1.54, 1.807) is 12.1 Å². The number of nitrogens with one attached hydrogen (secondary N) is 1. The number of hydrogen-bond donors (Lipinski definition) is 2. The van der Waals surface area contributed by atoms with Crippen LogP contribution in [0.1, 0.15) is 32.9 Å². The smallest absolute Gasteiger partial charge is 0.251 e. The number of rotatable bonds is 6. The first-order chi connectivity index (χ1) is 12.5. The van der Waals surface area contributed by atoms with E-state index in [1.165, 1.54) is 0 Å². The predicted octanol–water partition coefficient (Wildman–Crippen LogP) is 3.23. The molecule has 0 aliphatic carbocycles. The summed E-state index contributed by atoms with van der Waals surface area (Å²) < 4.78 is 1.94. The van der Waals surface area contributed by atoms with Crippen LogP contribution >= 0.6 is 0 Å². The summed E-state index contributed by atoms with van der Waals surface area (Å²) in [7, 11) is 0. The molecule has 0 spiro atoms. The Morgan fingerprint density at radius 3 is 2.54 bits per heavy atom. The second-order valence-corrected chi connectivity index (χ2v) is 6.46. The van der Waals surface area contributed by atoms with Gasteiger partial charge in [0, 0.05) is 17.8 Å². The molecule has 0 radical (unpaired) electrons. The Labute approximate surface area is 153 Å². The Morgan fingerprint density at radius 1 is 1.08 bits per heavy atom. The van der Waals surface area contributed by atoms with E-state index in [1.807, 2.05) is 61.0 Å². The zero-order chi connectivity index (χ0) is 18.5. The van der Waals surface area contributed by atoms with Crippen molar-refractivity contribution in [1.29, 1.82) is 0 Å². The SMILES string of the molecule is Cc1cc(C)n(Cc2cccc(C(=O)NCCc3ccc(O)cc3)c2)n1. The molecular formula is C21H23N3O2. The fourth-order valence-electron chi connectivity index (χ4n) is 2.90. The number of benzene rings is 2. The van der Waals surface area contributed by atoms with Gasteiger partial charge in [0.15, 0.2) is 0 Å². The van der Waals surface area contributed by atoms with Gasteiger partial charge >= 0.3 is 0 Å². The molecule has 5 nitrogen and oxygen atoms in total. The molecule has 26 heavy (non-hydrogen) atoms. The van der Waals surface area contributed by atoms with Gasteiger partial charge in [-0.1, -0.05) is 24.3 Å². The lowest BCUT2D eigenvalue weighted by Crippen LogP contribution is -2.25. The molecule has 0 saturated heterocycles. The summed E-state index contributed by atoms with van der Waals surface area (Å²) in [6, 6.07) is 16.7. The molecule has 1 aromatic heterocycles. The molecule has 2 N–H and O–H groups in total. The number of aryl methyl sites for hydroxylation is 2. The van der Waals surface area contributed by atoms with Crippen molar-refractivity contribution in [3.8, 4) is 5.75 Å². The number of phenols is 1. The van der Waals surface area contributed by atoms with Crippen LogP contribution < -0.4 is 5.32 Å². The van der Waals surface area contributed by atoms with E-state index < -0.39 is 0 Å². The highest BCUT2D eigenvalue weighted by Gasteiger charge is 2.08. The van der Waals surface area contributed by atoms with Crippen LogP contribution in [0.3, 0.4) is 0 Å². The van der Waals surface area contributed by atoms with Crippen LogP contribution in [0.5, 0.6) is 5.75 Å². The maximum atomic E-state index is 12.4. The van der Waals surface area contributed by atoms with Crippen LogP contribution in [0.15, 0.2) is 54.6 Å². The lowest BCUT2D eigenvalue weighted by atomic mass is 10.1. The monoisotopic (exact) mass is 349 g/mol. The Balaban J connectivity index is 1.59. The number of nitrogens with zero attached hydrogens (tertiary/aromatic N) is 2. The molecule has 3 rings (SSSR count). The maximum absolute atomic E-state index is 12.4. The van der Waals surface area contributed by atoms with Gasteiger partial charge in [0.05, 0.1) is 12.2 Å². The third-order valence-corrected chi connectivity index (χ3v) is 4.26. The van der Waals surface area contributed by atoms with E-state index in [-0.39, 0.29) is 11.7 Å². The quantitative estimate of drug-likeness (QED) is 0.718. The highest BCUT2D eigenvalue weighted by Crippen LogP contribution is 2.11. The minimum Gasteiger partial charge on any atom is -0.508 e. The molecular weight excluding hydrogens is 326 g/mol. The van der Waals surface area contributed by atoms with E-state index in [0.29, 0.717) is 18.7 Å². The summed E-state index contributed by atoms with van der Waals surface area (Å²) in [5.41, 5.74) is 4.86. The lowest BCUT2D eigenvalue weighted by molar-refractivity contribution is 0.0954. The van der Waals surface area contributed by atoms with Gasteiger partial charge in [0.25, 0.3) is 5.91 Å². The zero-order valence-electron chi connectivity index (χ0n) is 15.1. The molecule has 2 aromatic carbocycles. The molecule has 0 fully saturated rings. The fraction of sp³-hybridized carbons (Fsp3) is 0.238. The van der Waals surface area contributed by atoms with Crippen molar-refractivity contribution in [2.75, 3.05) is 6.54 Å². The molecule has 3 aromatic rings. The number of hydrogen-bond acceptors (Lipinski definition) is 3. The number of phenolic OH excluding ortho intramolecular Hbond substituents is 1. The van der Waals surface area contributed by atoms with E-state index in [4.69, 9.17) is 0 Å². The summed E-state index contributed by atoms with van der Waals surface area (Å²) >= 11 is 0. The molecule has 0 bridgehead atoms. The lowest BCUT2D eigenvalue weighted by Gasteiger charge is -2.08. The van der Waals surface area contributed by atoms with Gasteiger partial charge in [-0.15, -0.1) is 0 Å². The van der Waals surface area contributed by atoms with Gasteiger partial charge in [0.1, 0.15) is 5.75 Å².